The second kappa shape index (κ2) is 8.74. The highest BCUT2D eigenvalue weighted by Crippen LogP contribution is 2.42. The van der Waals surface area contributed by atoms with Crippen LogP contribution in [0, 0.1) is 0 Å². The predicted molar refractivity (Wildman–Crippen MR) is 152 cm³/mol. The molecule has 33 heavy (non-hydrogen) atoms. The minimum absolute atomic E-state index is 0.945. The molecular weight excluding hydrogens is 501 g/mol. The van der Waals surface area contributed by atoms with Crippen LogP contribution in [0.2, 0.25) is 0 Å². The molecule has 7 heteroatoms. The smallest absolute Gasteiger partial charge is 0.114 e. The number of allylic oxidation sites excluding steroid dienone is 10. The Kier molecular flexibility index (Phi) is 5.60. The summed E-state index contributed by atoms with van der Waals surface area (Å²) < 4.78 is 9.33. The van der Waals surface area contributed by atoms with Crippen LogP contribution in [0.1, 0.15) is 9.75 Å². The Morgan fingerprint density at radius 3 is 1.42 bits per heavy atom. The van der Waals surface area contributed by atoms with Gasteiger partial charge in [-0.15, -0.1) is 47.9 Å². The fourth-order valence-corrected chi connectivity index (χ4v) is 7.12. The lowest BCUT2D eigenvalue weighted by Crippen LogP contribution is -1.81. The highest BCUT2D eigenvalue weighted by Gasteiger charge is 2.17. The number of hydrogen-bond acceptors (Lipinski definition) is 7. The minimum atomic E-state index is 0.945. The van der Waals surface area contributed by atoms with E-state index in [9.17, 15) is 0 Å². The Hall–Kier alpha value is -2.42. The fraction of sp³-hybridized carbons (Fsp3) is 0. The zero-order valence-corrected chi connectivity index (χ0v) is 21.3. The van der Waals surface area contributed by atoms with Gasteiger partial charge in [0.15, 0.2) is 0 Å². The lowest BCUT2D eigenvalue weighted by atomic mass is 10.1. The number of aromatic nitrogens is 2. The molecule has 160 valence electrons. The monoisotopic (exact) mass is 516 g/mol. The molecule has 0 spiro atoms. The second-order valence-corrected chi connectivity index (χ2v) is 11.1. The second-order valence-electron chi connectivity index (χ2n) is 7.49. The Morgan fingerprint density at radius 1 is 0.576 bits per heavy atom. The Bertz CT molecular complexity index is 1440. The topological polar surface area (TPSA) is 25.8 Å². The molecule has 0 unspecified atom stereocenters. The van der Waals surface area contributed by atoms with Crippen molar-refractivity contribution < 1.29 is 0 Å². The summed E-state index contributed by atoms with van der Waals surface area (Å²) in [4.78, 5) is 6.62. The third-order valence-corrected chi connectivity index (χ3v) is 9.60. The van der Waals surface area contributed by atoms with Gasteiger partial charge in [-0.05, 0) is 35.4 Å². The van der Waals surface area contributed by atoms with Gasteiger partial charge in [-0.1, -0.05) is 60.7 Å². The average molecular weight is 517 g/mol. The third-order valence-electron chi connectivity index (χ3n) is 5.50. The molecule has 2 aliphatic rings. The van der Waals surface area contributed by atoms with Crippen LogP contribution < -0.4 is 0 Å². The SMILES string of the molecule is SC(=C1C=CC=C1)c1ccc(-c2ccc(-c3ccc(C(S)=C4C=CC=C4)s3)c3nsnc23)s1. The molecule has 0 aliphatic heterocycles. The number of thiophene rings is 2. The molecule has 0 bridgehead atoms. The first-order valence-electron chi connectivity index (χ1n) is 10.2. The van der Waals surface area contributed by atoms with E-state index in [1.807, 2.05) is 24.3 Å². The van der Waals surface area contributed by atoms with Gasteiger partial charge in [0.05, 0.1) is 11.7 Å². The van der Waals surface area contributed by atoms with Crippen molar-refractivity contribution in [3.63, 3.8) is 0 Å². The van der Waals surface area contributed by atoms with Crippen molar-refractivity contribution in [2.75, 3.05) is 0 Å². The lowest BCUT2D eigenvalue weighted by molar-refractivity contribution is 1.63. The maximum Gasteiger partial charge on any atom is 0.114 e. The molecule has 0 saturated heterocycles. The van der Waals surface area contributed by atoms with Crippen LogP contribution in [0.5, 0.6) is 0 Å². The summed E-state index contributed by atoms with van der Waals surface area (Å²) in [6, 6.07) is 12.9. The van der Waals surface area contributed by atoms with Gasteiger partial charge in [0.25, 0.3) is 0 Å². The Balaban J connectivity index is 1.39. The number of hydrogen-bond donors (Lipinski definition) is 2. The molecule has 4 aromatic rings. The van der Waals surface area contributed by atoms with E-state index >= 15 is 0 Å². The molecule has 0 amide bonds. The van der Waals surface area contributed by atoms with Crippen LogP contribution >= 0.6 is 59.7 Å². The van der Waals surface area contributed by atoms with Gasteiger partial charge in [0, 0.05) is 40.4 Å². The summed E-state index contributed by atoms with van der Waals surface area (Å²) in [5, 5.41) is 0. The lowest BCUT2D eigenvalue weighted by Gasteiger charge is -2.04. The largest absolute Gasteiger partial charge is 0.172 e. The van der Waals surface area contributed by atoms with Gasteiger partial charge >= 0.3 is 0 Å². The Morgan fingerprint density at radius 2 is 1.00 bits per heavy atom. The molecule has 0 saturated carbocycles. The maximum atomic E-state index is 4.76. The van der Waals surface area contributed by atoms with Crippen molar-refractivity contribution in [2.45, 2.75) is 0 Å². The summed E-state index contributed by atoms with van der Waals surface area (Å²) in [5.74, 6) is 0. The van der Waals surface area contributed by atoms with Gasteiger partial charge in [-0.25, -0.2) is 0 Å². The van der Waals surface area contributed by atoms with Gasteiger partial charge in [0.1, 0.15) is 11.0 Å². The molecule has 3 heterocycles. The number of benzene rings is 1. The van der Waals surface area contributed by atoms with Gasteiger partial charge in [0.2, 0.25) is 0 Å². The number of nitrogens with zero attached hydrogens (tertiary/aromatic N) is 2. The number of thiol groups is 2. The average Bonchev–Trinajstić information content (AvgIpc) is 3.67. The zero-order chi connectivity index (χ0) is 22.4. The molecule has 0 radical (unpaired) electrons. The van der Waals surface area contributed by atoms with Crippen LogP contribution in [0.25, 0.3) is 41.7 Å². The van der Waals surface area contributed by atoms with Crippen LogP contribution in [0.15, 0.2) is 96.2 Å². The molecule has 0 atom stereocenters. The number of fused-ring (bicyclic) bond motifs is 1. The van der Waals surface area contributed by atoms with Crippen molar-refractivity contribution in [1.29, 1.82) is 0 Å². The van der Waals surface area contributed by atoms with Crippen molar-refractivity contribution in [2.24, 2.45) is 0 Å². The summed E-state index contributed by atoms with van der Waals surface area (Å²) >= 11 is 14.2. The van der Waals surface area contributed by atoms with Crippen molar-refractivity contribution in [3.05, 3.63) is 106 Å². The van der Waals surface area contributed by atoms with Gasteiger partial charge in [-0.3, -0.25) is 0 Å². The van der Waals surface area contributed by atoms with Crippen LogP contribution in [0.4, 0.5) is 0 Å². The quantitative estimate of drug-likeness (QED) is 0.265. The van der Waals surface area contributed by atoms with E-state index < -0.39 is 0 Å². The van der Waals surface area contributed by atoms with Gasteiger partial charge in [-0.2, -0.15) is 8.75 Å². The van der Waals surface area contributed by atoms with Crippen LogP contribution in [0.3, 0.4) is 0 Å². The molecule has 0 N–H and O–H groups in total. The van der Waals surface area contributed by atoms with Gasteiger partial charge < -0.3 is 0 Å². The fourth-order valence-electron chi connectivity index (χ4n) is 3.83. The predicted octanol–water partition coefficient (Wildman–Crippen LogP) is 8.68. The first-order valence-corrected chi connectivity index (χ1v) is 13.5. The summed E-state index contributed by atoms with van der Waals surface area (Å²) in [6.07, 6.45) is 16.5. The van der Waals surface area contributed by atoms with E-state index in [1.165, 1.54) is 21.5 Å². The van der Waals surface area contributed by atoms with Crippen molar-refractivity contribution in [3.8, 4) is 20.9 Å². The molecule has 6 rings (SSSR count). The van der Waals surface area contributed by atoms with Crippen LogP contribution in [-0.4, -0.2) is 8.75 Å². The van der Waals surface area contributed by atoms with Crippen molar-refractivity contribution in [1.82, 2.24) is 8.75 Å². The van der Waals surface area contributed by atoms with E-state index in [-0.39, 0.29) is 0 Å². The van der Waals surface area contributed by atoms with E-state index in [4.69, 9.17) is 25.3 Å². The van der Waals surface area contributed by atoms with Crippen molar-refractivity contribution >= 4 is 80.5 Å². The molecule has 0 fully saturated rings. The van der Waals surface area contributed by atoms with Crippen LogP contribution in [-0.2, 0) is 0 Å². The highest BCUT2D eigenvalue weighted by atomic mass is 32.1. The number of rotatable bonds is 4. The standard InChI is InChI=1S/C26H16N2S5/c29-25(15-5-1-2-6-15)21-13-11-19(31-21)17-9-10-18(24-23(17)27-33-28-24)20-12-14-22(32-20)26(30)16-7-3-4-8-16/h1-14,29-30H. The normalized spacial score (nSPS) is 14.4. The molecule has 2 nitrogen and oxygen atoms in total. The first-order chi connectivity index (χ1) is 16.2. The first kappa shape index (κ1) is 21.1. The summed E-state index contributed by atoms with van der Waals surface area (Å²) in [5.41, 5.74) is 6.38. The van der Waals surface area contributed by atoms with E-state index in [1.54, 1.807) is 22.7 Å². The molecule has 2 aliphatic carbocycles. The summed E-state index contributed by atoms with van der Waals surface area (Å²) in [6.45, 7) is 0. The highest BCUT2D eigenvalue weighted by molar-refractivity contribution is 7.91. The van der Waals surface area contributed by atoms with E-state index in [0.717, 1.165) is 52.9 Å². The van der Waals surface area contributed by atoms with E-state index in [2.05, 4.69) is 69.4 Å². The maximum absolute atomic E-state index is 4.76. The van der Waals surface area contributed by atoms with E-state index in [0.29, 0.717) is 0 Å². The third kappa shape index (κ3) is 3.84. The minimum Gasteiger partial charge on any atom is -0.172 e. The zero-order valence-electron chi connectivity index (χ0n) is 17.1. The molecular formula is C26H16N2S5. The molecule has 3 aromatic heterocycles. The molecule has 1 aromatic carbocycles. The summed E-state index contributed by atoms with van der Waals surface area (Å²) in [7, 11) is 0. The Labute approximate surface area is 214 Å².